The lowest BCUT2D eigenvalue weighted by atomic mass is 9.33. The van der Waals surface area contributed by atoms with Crippen LogP contribution < -0.4 is 0 Å². The predicted octanol–water partition coefficient (Wildman–Crippen LogP) is 0.548. The van der Waals surface area contributed by atoms with Crippen LogP contribution >= 0.6 is 0 Å². The number of aldehydes is 1. The van der Waals surface area contributed by atoms with Gasteiger partial charge in [-0.25, -0.2) is 4.79 Å². The first kappa shape index (κ1) is 98.2. The Labute approximate surface area is 712 Å². The largest absolute Gasteiger partial charge is 0.479 e. The third-order valence-corrected chi connectivity index (χ3v) is 30.6. The van der Waals surface area contributed by atoms with Gasteiger partial charge in [-0.3, -0.25) is 4.79 Å². The molecule has 0 aromatic rings. The van der Waals surface area contributed by atoms with E-state index in [0.29, 0.717) is 64.2 Å². The summed E-state index contributed by atoms with van der Waals surface area (Å²) >= 11 is 0. The van der Waals surface area contributed by atoms with Crippen LogP contribution in [0, 0.1) is 50.2 Å². The van der Waals surface area contributed by atoms with Gasteiger partial charge in [-0.05, 0) is 124 Å². The molecule has 7 aliphatic heterocycles. The van der Waals surface area contributed by atoms with Crippen molar-refractivity contribution < 1.29 is 177 Å². The number of rotatable bonds is 34. The fourth-order valence-electron chi connectivity index (χ4n) is 22.9. The normalized spacial score (nSPS) is 49.1. The quantitative estimate of drug-likeness (QED) is 0.0137. The number of aliphatic hydroxyl groups excluding tert-OH is 17. The Morgan fingerprint density at radius 2 is 0.943 bits per heavy atom. The maximum Gasteiger partial charge on any atom is 0.335 e. The summed E-state index contributed by atoms with van der Waals surface area (Å²) in [5, 5.41) is 199. The van der Waals surface area contributed by atoms with Crippen LogP contribution in [0.4, 0.5) is 0 Å². The van der Waals surface area contributed by atoms with Gasteiger partial charge < -0.3 is 168 Å². The van der Waals surface area contributed by atoms with Crippen LogP contribution in [0.5, 0.6) is 0 Å². The molecule has 0 aromatic heterocycles. The third-order valence-electron chi connectivity index (χ3n) is 30.6. The summed E-state index contributed by atoms with van der Waals surface area (Å²) in [6.45, 7) is 15.6. The molecule has 702 valence electrons. The highest BCUT2D eigenvalue weighted by molar-refractivity contribution is 5.79. The number of esters is 1. The van der Waals surface area contributed by atoms with Gasteiger partial charge in [0.2, 0.25) is 6.29 Å². The van der Waals surface area contributed by atoms with Gasteiger partial charge >= 0.3 is 11.9 Å². The van der Waals surface area contributed by atoms with Crippen LogP contribution in [0.2, 0.25) is 0 Å². The minimum atomic E-state index is -2.21. The van der Waals surface area contributed by atoms with Crippen molar-refractivity contribution in [1.82, 2.24) is 0 Å². The van der Waals surface area contributed by atoms with E-state index in [1.165, 1.54) is 64.7 Å². The summed E-state index contributed by atoms with van der Waals surface area (Å²) in [4.78, 5) is 43.8. The molecule has 5 aliphatic carbocycles. The molecule has 36 heteroatoms. The van der Waals surface area contributed by atoms with E-state index < -0.39 is 286 Å². The van der Waals surface area contributed by atoms with Crippen molar-refractivity contribution >= 4 is 18.2 Å². The Kier molecular flexibility index (Phi) is 32.9. The van der Waals surface area contributed by atoms with Crippen molar-refractivity contribution in [2.24, 2.45) is 50.2 Å². The molecular weight excluding hydrogens is 1610 g/mol. The smallest absolute Gasteiger partial charge is 0.335 e. The average Bonchev–Trinajstić information content (AvgIpc) is 0.672. The number of unbranched alkanes of at least 4 members (excludes halogenated alkanes) is 13. The maximum atomic E-state index is 16.3. The lowest BCUT2D eigenvalue weighted by Gasteiger charge is -2.71. The van der Waals surface area contributed by atoms with Gasteiger partial charge in [0.1, 0.15) is 141 Å². The fraction of sp³-hybridized carbons (Fsp3) is 0.942. The molecule has 0 bridgehead atoms. The molecule has 18 N–H and O–H groups in total. The SMILES string of the molecule is CCCCCCCCCCCCCCCCO[C@@H]1[C@H](O)[C@@H](O[C@@H]2O[C@@H](C)[C@H](O[C@@H]3OC[C@@H](O)[C@H](O)[C@H]3O)[C@@H](O[C@@H]3O[C@H](CO)[C@@H](O)[C@H](O)[C@H]3O)[C@H]2O)[C@H](OC(=O)[C@]23CCC(C)(C)CC2C2=CCC4[C@@]5(C)CC[C@H](O[C@@H]6O[C@H](C(=O)O)[C@@H](O)[C@H](O[C@@H]7OC[C@@H](O)[C@H](O)[C@H]7O)[C@H]6O[C@@H]6O[C@H](CO)[C@H](O)[C@H](O)[C@H]6O)[C@@](C)(C=O)C5CC[C@@]4(C)[C@]2(C)CC3)O[C@@H]1C. The van der Waals surface area contributed by atoms with E-state index in [9.17, 15) is 102 Å². The van der Waals surface area contributed by atoms with Crippen molar-refractivity contribution in [3.05, 3.63) is 11.6 Å². The first-order valence-electron chi connectivity index (χ1n) is 44.9. The lowest BCUT2D eigenvalue weighted by molar-refractivity contribution is -0.395. The second-order valence-electron chi connectivity index (χ2n) is 38.9. The van der Waals surface area contributed by atoms with Crippen LogP contribution in [0.3, 0.4) is 0 Å². The van der Waals surface area contributed by atoms with Crippen molar-refractivity contribution in [3.8, 4) is 0 Å². The zero-order valence-electron chi connectivity index (χ0n) is 71.9. The van der Waals surface area contributed by atoms with E-state index in [0.717, 1.165) is 37.5 Å². The third kappa shape index (κ3) is 19.6. The minimum absolute atomic E-state index is 0.119. The number of ether oxygens (including phenoxy) is 15. The first-order valence-corrected chi connectivity index (χ1v) is 44.9. The van der Waals surface area contributed by atoms with E-state index in [4.69, 9.17) is 71.1 Å². The molecule has 12 aliphatic rings. The van der Waals surface area contributed by atoms with Crippen molar-refractivity contribution in [2.75, 3.05) is 33.0 Å². The fourth-order valence-corrected chi connectivity index (χ4v) is 22.9. The number of carbonyl (C=O) groups excluding carboxylic acids is 2. The number of aliphatic carboxylic acids is 1. The number of aliphatic hydroxyl groups is 17. The maximum absolute atomic E-state index is 16.3. The molecule has 36 nitrogen and oxygen atoms in total. The molecular formula is C86H142O36. The summed E-state index contributed by atoms with van der Waals surface area (Å²) < 4.78 is 93.7. The van der Waals surface area contributed by atoms with E-state index in [1.807, 2.05) is 0 Å². The van der Waals surface area contributed by atoms with Crippen molar-refractivity contribution in [2.45, 2.75) is 425 Å². The number of fused-ring (bicyclic) bond motifs is 7. The number of hydrogen-bond donors (Lipinski definition) is 18. The van der Waals surface area contributed by atoms with E-state index in [2.05, 4.69) is 47.6 Å². The second-order valence-corrected chi connectivity index (χ2v) is 38.9. The second kappa shape index (κ2) is 40.9. The molecule has 12 rings (SSSR count). The summed E-state index contributed by atoms with van der Waals surface area (Å²) in [5.41, 5.74) is -3.55. The Hall–Kier alpha value is -2.89. The summed E-state index contributed by atoms with van der Waals surface area (Å²) in [6.07, 6.45) is -36.3. The van der Waals surface area contributed by atoms with Crippen LogP contribution in [-0.2, 0) is 85.4 Å². The van der Waals surface area contributed by atoms with Crippen molar-refractivity contribution in [1.29, 1.82) is 0 Å². The molecule has 0 radical (unpaired) electrons. The Morgan fingerprint density at radius 1 is 0.459 bits per heavy atom. The van der Waals surface area contributed by atoms with Gasteiger partial charge in [-0.15, -0.1) is 0 Å². The highest BCUT2D eigenvalue weighted by atomic mass is 16.8. The minimum Gasteiger partial charge on any atom is -0.479 e. The van der Waals surface area contributed by atoms with Gasteiger partial charge in [0.25, 0.3) is 0 Å². The summed E-state index contributed by atoms with van der Waals surface area (Å²) in [5.74, 6) is -3.33. The number of allylic oxidation sites excluding steroid dienone is 2. The summed E-state index contributed by atoms with van der Waals surface area (Å²) in [6, 6.07) is 0. The number of carboxylic acids is 1. The number of carboxylic acid groups (broad SMARTS) is 1. The highest BCUT2D eigenvalue weighted by Crippen LogP contribution is 2.76. The van der Waals surface area contributed by atoms with Gasteiger partial charge in [-0.2, -0.15) is 0 Å². The number of hydrogen-bond acceptors (Lipinski definition) is 35. The Bertz CT molecular complexity index is 3400. The Balaban J connectivity index is 0.803. The van der Waals surface area contributed by atoms with Gasteiger partial charge in [0.05, 0.1) is 55.6 Å². The molecule has 3 unspecified atom stereocenters. The zero-order chi connectivity index (χ0) is 88.6. The summed E-state index contributed by atoms with van der Waals surface area (Å²) in [7, 11) is 0. The van der Waals surface area contributed by atoms with E-state index >= 15 is 4.79 Å². The van der Waals surface area contributed by atoms with E-state index in [1.54, 1.807) is 13.8 Å². The molecule has 0 aromatic carbocycles. The van der Waals surface area contributed by atoms with Gasteiger partial charge in [0.15, 0.2) is 49.9 Å². The zero-order valence-corrected chi connectivity index (χ0v) is 71.9. The topological polar surface area (TPSA) is 554 Å². The Morgan fingerprint density at radius 3 is 1.49 bits per heavy atom. The molecule has 4 saturated carbocycles. The van der Waals surface area contributed by atoms with Crippen LogP contribution in [-0.4, -0.2) is 352 Å². The van der Waals surface area contributed by atoms with Gasteiger partial charge in [-0.1, -0.05) is 144 Å². The highest BCUT2D eigenvalue weighted by Gasteiger charge is 2.72. The molecule has 11 fully saturated rings. The van der Waals surface area contributed by atoms with Crippen LogP contribution in [0.25, 0.3) is 0 Å². The molecule has 122 heavy (non-hydrogen) atoms. The molecule has 0 spiro atoms. The molecule has 7 saturated heterocycles. The van der Waals surface area contributed by atoms with Crippen LogP contribution in [0.15, 0.2) is 11.6 Å². The van der Waals surface area contributed by atoms with Crippen molar-refractivity contribution in [3.63, 3.8) is 0 Å². The van der Waals surface area contributed by atoms with E-state index in [-0.39, 0.29) is 24.4 Å². The molecule has 42 atom stereocenters. The molecule has 0 amide bonds. The predicted molar refractivity (Wildman–Crippen MR) is 421 cm³/mol. The standard InChI is InChI=1S/C86H142O36/c1-10-11-12-13-14-15-16-17-18-19-20-21-22-23-34-108-65-41(2)112-78(70(62(65)102)120-77-64(104)68(118-75-60(100)56(96)54(94)47(36-87)113-75)66(42(3)111-77)116-73-58(98)52(92)45(90)38-109-73)122-80(107)86-32-30-81(4,5)35-44(86)43-24-25-50-82(6)28-27-51(83(7,40-89)49(82)26-29-85(50,9)84(43,8)31-33-86)115-79-71(121-76-61(101)57(97)55(95)48(37-88)114-76)67(63(103)69(119-79)72(105)106)117-74-59(99)53(93)46(91)39-110-74/h24,40-42,44-71,73-79,87-88,90-104H,10-23,25-39H2,1-9H3,(H,105,106)/t41-,42+,44?,45-,46-,47-,48-,49?,50?,51+,52+,53+,54-,55+,56+,57+,58-,59-,60-,61-,62+,63+,64-,65+,66+,67+,68+,69+,70-,71-,73+,74+,75+,76+,77+,78+,79-,82+,83+,84-,85-,86+/m1/s1. The van der Waals surface area contributed by atoms with Crippen LogP contribution in [0.1, 0.15) is 216 Å². The number of carbonyl (C=O) groups is 3. The average molecular weight is 1750 g/mol. The first-order chi connectivity index (χ1) is 57.8. The van der Waals surface area contributed by atoms with Gasteiger partial charge in [0, 0.05) is 6.61 Å². The lowest BCUT2D eigenvalue weighted by Crippen LogP contribution is -2.69. The monoisotopic (exact) mass is 1750 g/mol. The molecule has 7 heterocycles.